The summed E-state index contributed by atoms with van der Waals surface area (Å²) in [5.74, 6) is -0.558. The van der Waals surface area contributed by atoms with E-state index in [2.05, 4.69) is 42.4 Å². The van der Waals surface area contributed by atoms with E-state index in [4.69, 9.17) is 0 Å². The van der Waals surface area contributed by atoms with Crippen molar-refractivity contribution in [3.05, 3.63) is 51.6 Å². The van der Waals surface area contributed by atoms with E-state index in [1.165, 1.54) is 30.1 Å². The first-order chi connectivity index (χ1) is 12.9. The van der Waals surface area contributed by atoms with E-state index in [0.717, 1.165) is 8.47 Å². The number of hydrogen-bond acceptors (Lipinski definition) is 6. The molecule has 2 aromatic carbocycles. The monoisotopic (exact) mass is 505 g/mol. The van der Waals surface area contributed by atoms with Crippen molar-refractivity contribution < 1.29 is 23.4 Å². The number of amidine groups is 1. The molecule has 0 saturated carbocycles. The number of halogens is 3. The molecule has 10 heteroatoms. The Morgan fingerprint density at radius 2 is 2.11 bits per heavy atom. The number of alkyl halides is 2. The lowest BCUT2D eigenvalue weighted by atomic mass is 10.1. The third kappa shape index (κ3) is 5.08. The molecule has 1 unspecified atom stereocenters. The van der Waals surface area contributed by atoms with Crippen LogP contribution >= 0.6 is 34.5 Å². The first-order valence-corrected chi connectivity index (χ1v) is 9.64. The summed E-state index contributed by atoms with van der Waals surface area (Å²) in [7, 11) is 0. The lowest BCUT2D eigenvalue weighted by Gasteiger charge is -2.18. The zero-order valence-corrected chi connectivity index (χ0v) is 16.6. The van der Waals surface area contributed by atoms with Gasteiger partial charge in [0.05, 0.1) is 16.7 Å². The van der Waals surface area contributed by atoms with Gasteiger partial charge in [0, 0.05) is 15.7 Å². The number of carbonyl (C=O) groups excluding carboxylic acids is 1. The van der Waals surface area contributed by atoms with Crippen molar-refractivity contribution in [2.24, 2.45) is 4.99 Å². The van der Waals surface area contributed by atoms with Gasteiger partial charge in [0.15, 0.2) is 0 Å². The van der Waals surface area contributed by atoms with E-state index in [0.29, 0.717) is 5.69 Å². The predicted molar refractivity (Wildman–Crippen MR) is 106 cm³/mol. The molecule has 0 fully saturated rings. The van der Waals surface area contributed by atoms with Gasteiger partial charge in [-0.15, -0.1) is 0 Å². The van der Waals surface area contributed by atoms with Crippen molar-refractivity contribution in [1.82, 2.24) is 10.0 Å². The smallest absolute Gasteiger partial charge is 0.387 e. The molecule has 2 aromatic rings. The number of para-hydroxylation sites is 1. The lowest BCUT2D eigenvalue weighted by Crippen LogP contribution is -2.40. The minimum atomic E-state index is -3.01. The number of aliphatic hydroxyl groups is 1. The Labute approximate surface area is 171 Å². The first kappa shape index (κ1) is 19.8. The van der Waals surface area contributed by atoms with Crippen molar-refractivity contribution in [3.8, 4) is 5.75 Å². The maximum Gasteiger partial charge on any atom is 0.387 e. The summed E-state index contributed by atoms with van der Waals surface area (Å²) in [5, 5.41) is 12.8. The van der Waals surface area contributed by atoms with Gasteiger partial charge in [-0.25, -0.2) is 4.99 Å². The molecule has 3 rings (SSSR count). The minimum Gasteiger partial charge on any atom is -0.434 e. The molecule has 0 aromatic heterocycles. The van der Waals surface area contributed by atoms with E-state index >= 15 is 0 Å². The molecule has 27 heavy (non-hydrogen) atoms. The van der Waals surface area contributed by atoms with Crippen LogP contribution in [0.5, 0.6) is 5.75 Å². The third-order valence-electron chi connectivity index (χ3n) is 3.58. The summed E-state index contributed by atoms with van der Waals surface area (Å²) in [6, 6.07) is 11.5. The summed E-state index contributed by atoms with van der Waals surface area (Å²) < 4.78 is 33.2. The van der Waals surface area contributed by atoms with E-state index in [-0.39, 0.29) is 23.7 Å². The van der Waals surface area contributed by atoms with Crippen LogP contribution in [0.4, 0.5) is 14.5 Å². The van der Waals surface area contributed by atoms with Gasteiger partial charge < -0.3 is 19.9 Å². The van der Waals surface area contributed by atoms with Gasteiger partial charge in [0.25, 0.3) is 5.91 Å². The highest BCUT2D eigenvalue weighted by molar-refractivity contribution is 14.1. The second-order valence-corrected chi connectivity index (χ2v) is 7.51. The van der Waals surface area contributed by atoms with Crippen LogP contribution in [0.1, 0.15) is 11.7 Å². The van der Waals surface area contributed by atoms with Gasteiger partial charge in [0.1, 0.15) is 5.75 Å². The van der Waals surface area contributed by atoms with Crippen LogP contribution < -0.4 is 14.8 Å². The lowest BCUT2D eigenvalue weighted by molar-refractivity contribution is -0.115. The summed E-state index contributed by atoms with van der Waals surface area (Å²) in [6.07, 6.45) is -1.21. The quantitative estimate of drug-likeness (QED) is 0.415. The van der Waals surface area contributed by atoms with Gasteiger partial charge in [0.2, 0.25) is 5.84 Å². The zero-order chi connectivity index (χ0) is 19.4. The number of hydrogen-bond donors (Lipinski definition) is 3. The Morgan fingerprint density at radius 3 is 2.89 bits per heavy atom. The number of amides is 1. The third-order valence-corrected chi connectivity index (χ3v) is 5.09. The number of aliphatic hydroxyl groups excluding tert-OH is 1. The number of benzene rings is 2. The number of ether oxygens (including phenoxy) is 1. The second-order valence-electron chi connectivity index (χ2n) is 5.42. The number of rotatable bonds is 6. The molecular weight excluding hydrogens is 491 g/mol. The Balaban J connectivity index is 1.65. The molecular formula is C17H14F2IN3O3S. The van der Waals surface area contributed by atoms with Gasteiger partial charge in [-0.3, -0.25) is 4.79 Å². The van der Waals surface area contributed by atoms with Crippen molar-refractivity contribution in [2.45, 2.75) is 17.6 Å². The first-order valence-electron chi connectivity index (χ1n) is 7.75. The van der Waals surface area contributed by atoms with Gasteiger partial charge in [-0.1, -0.05) is 18.2 Å². The maximum atomic E-state index is 12.5. The highest BCUT2D eigenvalue weighted by Crippen LogP contribution is 2.32. The molecule has 0 saturated heterocycles. The molecule has 0 spiro atoms. The Bertz CT molecular complexity index is 882. The SMILES string of the molecule is O=C(NCC(O)c1ccccc1OC(F)F)C1=Nc2ccc(I)cc2SN1. The molecule has 0 bridgehead atoms. The highest BCUT2D eigenvalue weighted by atomic mass is 127. The predicted octanol–water partition coefficient (Wildman–Crippen LogP) is 3.38. The number of fused-ring (bicyclic) bond motifs is 1. The van der Waals surface area contributed by atoms with Gasteiger partial charge >= 0.3 is 6.61 Å². The molecule has 1 atom stereocenters. The largest absolute Gasteiger partial charge is 0.434 e. The van der Waals surface area contributed by atoms with Crippen molar-refractivity contribution in [1.29, 1.82) is 0 Å². The van der Waals surface area contributed by atoms with E-state index in [1.54, 1.807) is 6.07 Å². The molecule has 1 amide bonds. The number of nitrogens with zero attached hydrogens (tertiary/aromatic N) is 1. The van der Waals surface area contributed by atoms with Gasteiger partial charge in [-0.2, -0.15) is 8.78 Å². The van der Waals surface area contributed by atoms with Crippen LogP contribution in [0.3, 0.4) is 0 Å². The molecule has 1 aliphatic rings. The minimum absolute atomic E-state index is 0.0954. The number of carbonyl (C=O) groups is 1. The van der Waals surface area contributed by atoms with Crippen molar-refractivity contribution >= 4 is 52.0 Å². The van der Waals surface area contributed by atoms with Crippen molar-refractivity contribution in [3.63, 3.8) is 0 Å². The molecule has 0 radical (unpaired) electrons. The average molecular weight is 505 g/mol. The molecule has 3 N–H and O–H groups in total. The Hall–Kier alpha value is -1.92. The molecule has 142 valence electrons. The highest BCUT2D eigenvalue weighted by Gasteiger charge is 2.21. The van der Waals surface area contributed by atoms with Crippen LogP contribution in [-0.2, 0) is 4.79 Å². The fourth-order valence-corrected chi connectivity index (χ4v) is 3.80. The van der Waals surface area contributed by atoms with Crippen LogP contribution in [0.25, 0.3) is 0 Å². The standard InChI is InChI=1S/C17H14F2IN3O3S/c18-17(19)26-13-4-2-1-3-10(13)12(24)8-21-16(25)15-22-11-6-5-9(20)7-14(11)27-23-15/h1-7,12,17,24H,8H2,(H,21,25)(H,22,23). The molecule has 1 aliphatic heterocycles. The Kier molecular flexibility index (Phi) is 6.50. The van der Waals surface area contributed by atoms with Crippen molar-refractivity contribution in [2.75, 3.05) is 6.54 Å². The average Bonchev–Trinajstić information content (AvgIpc) is 2.65. The number of nitrogens with one attached hydrogen (secondary N) is 2. The summed E-state index contributed by atoms with van der Waals surface area (Å²) in [5.41, 5.74) is 0.825. The van der Waals surface area contributed by atoms with Crippen LogP contribution in [0, 0.1) is 3.57 Å². The zero-order valence-electron chi connectivity index (χ0n) is 13.7. The van der Waals surface area contributed by atoms with E-state index < -0.39 is 18.6 Å². The molecule has 1 heterocycles. The fraction of sp³-hybridized carbons (Fsp3) is 0.176. The maximum absolute atomic E-state index is 12.5. The Morgan fingerprint density at radius 1 is 1.33 bits per heavy atom. The van der Waals surface area contributed by atoms with Crippen LogP contribution in [-0.4, -0.2) is 30.0 Å². The summed E-state index contributed by atoms with van der Waals surface area (Å²) in [6.45, 7) is -3.19. The molecule has 6 nitrogen and oxygen atoms in total. The fourth-order valence-electron chi connectivity index (χ4n) is 2.35. The van der Waals surface area contributed by atoms with Crippen LogP contribution in [0.2, 0.25) is 0 Å². The van der Waals surface area contributed by atoms with E-state index in [1.807, 2.05) is 18.2 Å². The van der Waals surface area contributed by atoms with Gasteiger partial charge in [-0.05, 0) is 58.8 Å². The normalized spacial score (nSPS) is 14.0. The van der Waals surface area contributed by atoms with Crippen LogP contribution in [0.15, 0.2) is 52.4 Å². The summed E-state index contributed by atoms with van der Waals surface area (Å²) >= 11 is 3.45. The topological polar surface area (TPSA) is 83.0 Å². The van der Waals surface area contributed by atoms with E-state index in [9.17, 15) is 18.7 Å². The molecule has 0 aliphatic carbocycles. The second kappa shape index (κ2) is 8.85. The number of aliphatic imine (C=N–C) groups is 1. The summed E-state index contributed by atoms with van der Waals surface area (Å²) in [4.78, 5) is 17.4.